The van der Waals surface area contributed by atoms with Gasteiger partial charge in [0.2, 0.25) is 5.91 Å². The topological polar surface area (TPSA) is 62.6 Å². The van der Waals surface area contributed by atoms with Crippen molar-refractivity contribution in [1.82, 2.24) is 4.90 Å². The third-order valence-corrected chi connectivity index (χ3v) is 4.63. The van der Waals surface area contributed by atoms with E-state index >= 15 is 0 Å². The highest BCUT2D eigenvalue weighted by Crippen LogP contribution is 2.28. The first kappa shape index (κ1) is 18.6. The van der Waals surface area contributed by atoms with Crippen LogP contribution >= 0.6 is 11.3 Å². The van der Waals surface area contributed by atoms with Gasteiger partial charge in [-0.3, -0.25) is 4.79 Å². The number of benzene rings is 1. The lowest BCUT2D eigenvalue weighted by molar-refractivity contribution is -0.125. The SMILES string of the molecule is COc1cc(C=CC(=O)N(C)Cc2sccc2C)ccc1OCC#N. The number of rotatable bonds is 7. The Balaban J connectivity index is 2.03. The molecule has 25 heavy (non-hydrogen) atoms. The maximum atomic E-state index is 12.3. The summed E-state index contributed by atoms with van der Waals surface area (Å²) in [5.74, 6) is 0.946. The molecule has 2 rings (SSSR count). The fourth-order valence-electron chi connectivity index (χ4n) is 2.17. The Kier molecular flexibility index (Phi) is 6.61. The maximum Gasteiger partial charge on any atom is 0.246 e. The zero-order chi connectivity index (χ0) is 18.2. The van der Waals surface area contributed by atoms with Gasteiger partial charge in [-0.2, -0.15) is 5.26 Å². The third-order valence-electron chi connectivity index (χ3n) is 3.62. The molecule has 1 aromatic heterocycles. The van der Waals surface area contributed by atoms with E-state index in [-0.39, 0.29) is 12.5 Å². The van der Waals surface area contributed by atoms with Crippen molar-refractivity contribution in [2.45, 2.75) is 13.5 Å². The molecule has 130 valence electrons. The van der Waals surface area contributed by atoms with Crippen molar-refractivity contribution >= 4 is 23.3 Å². The standard InChI is InChI=1S/C19H20N2O3S/c1-14-8-11-25-18(14)13-21(2)19(22)7-5-15-4-6-16(24-10-9-20)17(12-15)23-3/h4-8,11-12H,10,13H2,1-3H3. The van der Waals surface area contributed by atoms with Crippen molar-refractivity contribution in [3.8, 4) is 17.6 Å². The Morgan fingerprint density at radius 2 is 2.16 bits per heavy atom. The van der Waals surface area contributed by atoms with Crippen molar-refractivity contribution in [3.63, 3.8) is 0 Å². The van der Waals surface area contributed by atoms with Crippen molar-refractivity contribution in [1.29, 1.82) is 5.26 Å². The van der Waals surface area contributed by atoms with Gasteiger partial charge < -0.3 is 14.4 Å². The number of hydrogen-bond acceptors (Lipinski definition) is 5. The predicted molar refractivity (Wildman–Crippen MR) is 98.7 cm³/mol. The summed E-state index contributed by atoms with van der Waals surface area (Å²) in [5, 5.41) is 10.6. The highest BCUT2D eigenvalue weighted by molar-refractivity contribution is 7.10. The molecule has 0 N–H and O–H groups in total. The van der Waals surface area contributed by atoms with Crippen LogP contribution in [0, 0.1) is 18.3 Å². The lowest BCUT2D eigenvalue weighted by Gasteiger charge is -2.14. The zero-order valence-corrected chi connectivity index (χ0v) is 15.3. The first-order valence-electron chi connectivity index (χ1n) is 7.69. The maximum absolute atomic E-state index is 12.3. The van der Waals surface area contributed by atoms with Crippen LogP contribution in [-0.2, 0) is 11.3 Å². The molecule has 6 heteroatoms. The number of amides is 1. The molecule has 0 saturated heterocycles. The molecule has 0 aliphatic heterocycles. The summed E-state index contributed by atoms with van der Waals surface area (Å²) >= 11 is 1.65. The van der Waals surface area contributed by atoms with Crippen LogP contribution in [0.2, 0.25) is 0 Å². The second kappa shape index (κ2) is 8.90. The van der Waals surface area contributed by atoms with Gasteiger partial charge in [-0.1, -0.05) is 6.07 Å². The van der Waals surface area contributed by atoms with E-state index in [1.165, 1.54) is 23.6 Å². The van der Waals surface area contributed by atoms with Gasteiger partial charge in [0.05, 0.1) is 13.7 Å². The van der Waals surface area contributed by atoms with Gasteiger partial charge in [0.15, 0.2) is 18.1 Å². The summed E-state index contributed by atoms with van der Waals surface area (Å²) in [7, 11) is 3.32. The lowest BCUT2D eigenvalue weighted by atomic mass is 10.2. The minimum atomic E-state index is -0.0726. The molecule has 1 amide bonds. The van der Waals surface area contributed by atoms with E-state index in [9.17, 15) is 4.79 Å². The molecule has 2 aromatic rings. The number of ether oxygens (including phenoxy) is 2. The smallest absolute Gasteiger partial charge is 0.246 e. The van der Waals surface area contributed by atoms with Crippen molar-refractivity contribution in [2.75, 3.05) is 20.8 Å². The molecule has 0 fully saturated rings. The van der Waals surface area contributed by atoms with E-state index < -0.39 is 0 Å². The Morgan fingerprint density at radius 3 is 2.80 bits per heavy atom. The molecule has 0 aliphatic carbocycles. The molecule has 0 atom stereocenters. The summed E-state index contributed by atoms with van der Waals surface area (Å²) in [5.41, 5.74) is 2.02. The van der Waals surface area contributed by atoms with E-state index in [4.69, 9.17) is 14.7 Å². The summed E-state index contributed by atoms with van der Waals surface area (Å²) in [6, 6.07) is 9.26. The Hall–Kier alpha value is -2.78. The van der Waals surface area contributed by atoms with Crippen LogP contribution in [0.15, 0.2) is 35.7 Å². The summed E-state index contributed by atoms with van der Waals surface area (Å²) < 4.78 is 10.5. The minimum absolute atomic E-state index is 0.0447. The van der Waals surface area contributed by atoms with Crippen LogP contribution in [-0.4, -0.2) is 31.6 Å². The lowest BCUT2D eigenvalue weighted by Crippen LogP contribution is -2.23. The van der Waals surface area contributed by atoms with E-state index in [0.29, 0.717) is 18.0 Å². The zero-order valence-electron chi connectivity index (χ0n) is 14.5. The number of carbonyl (C=O) groups is 1. The van der Waals surface area contributed by atoms with Crippen molar-refractivity contribution in [3.05, 3.63) is 51.7 Å². The van der Waals surface area contributed by atoms with E-state index in [1.54, 1.807) is 41.5 Å². The number of hydrogen-bond donors (Lipinski definition) is 0. The Morgan fingerprint density at radius 1 is 1.36 bits per heavy atom. The Labute approximate surface area is 151 Å². The van der Waals surface area contributed by atoms with Gasteiger partial charge in [-0.25, -0.2) is 0 Å². The van der Waals surface area contributed by atoms with Gasteiger partial charge >= 0.3 is 0 Å². The van der Waals surface area contributed by atoms with Crippen LogP contribution < -0.4 is 9.47 Å². The number of aryl methyl sites for hydroxylation is 1. The summed E-state index contributed by atoms with van der Waals surface area (Å²) in [6.45, 7) is 2.59. The first-order valence-corrected chi connectivity index (χ1v) is 8.57. The second-order valence-corrected chi connectivity index (χ2v) is 6.41. The van der Waals surface area contributed by atoms with Gasteiger partial charge in [0.25, 0.3) is 0 Å². The number of nitriles is 1. The largest absolute Gasteiger partial charge is 0.493 e. The van der Waals surface area contributed by atoms with Crippen LogP contribution in [0.25, 0.3) is 6.08 Å². The van der Waals surface area contributed by atoms with E-state index in [1.807, 2.05) is 24.4 Å². The molecule has 1 aromatic carbocycles. The molecule has 5 nitrogen and oxygen atoms in total. The van der Waals surface area contributed by atoms with E-state index in [0.717, 1.165) is 5.56 Å². The van der Waals surface area contributed by atoms with Gasteiger partial charge in [-0.05, 0) is 47.7 Å². The molecular weight excluding hydrogens is 336 g/mol. The molecule has 0 bridgehead atoms. The molecule has 0 spiro atoms. The average molecular weight is 356 g/mol. The number of likely N-dealkylation sites (N-methyl/N-ethyl adjacent to an activating group) is 1. The van der Waals surface area contributed by atoms with Crippen LogP contribution in [0.1, 0.15) is 16.0 Å². The van der Waals surface area contributed by atoms with Crippen LogP contribution in [0.3, 0.4) is 0 Å². The second-order valence-electron chi connectivity index (χ2n) is 5.41. The molecule has 0 radical (unpaired) electrons. The summed E-state index contributed by atoms with van der Waals surface area (Å²) in [6.07, 6.45) is 3.27. The average Bonchev–Trinajstić information content (AvgIpc) is 3.02. The highest BCUT2D eigenvalue weighted by atomic mass is 32.1. The van der Waals surface area contributed by atoms with Crippen LogP contribution in [0.5, 0.6) is 11.5 Å². The van der Waals surface area contributed by atoms with Gasteiger partial charge in [0.1, 0.15) is 6.07 Å². The van der Waals surface area contributed by atoms with Crippen molar-refractivity contribution < 1.29 is 14.3 Å². The summed E-state index contributed by atoms with van der Waals surface area (Å²) in [4.78, 5) is 15.1. The molecule has 0 aliphatic rings. The fraction of sp³-hybridized carbons (Fsp3) is 0.263. The predicted octanol–water partition coefficient (Wildman–Crippen LogP) is 3.64. The normalized spacial score (nSPS) is 10.5. The van der Waals surface area contributed by atoms with Crippen molar-refractivity contribution in [2.24, 2.45) is 0 Å². The molecule has 0 unspecified atom stereocenters. The number of nitrogens with zero attached hydrogens (tertiary/aromatic N) is 2. The Bertz CT molecular complexity index is 805. The fourth-order valence-corrected chi connectivity index (χ4v) is 3.13. The third kappa shape index (κ3) is 5.10. The van der Waals surface area contributed by atoms with Gasteiger partial charge in [0, 0.05) is 18.0 Å². The molecule has 1 heterocycles. The number of carbonyl (C=O) groups excluding carboxylic acids is 1. The highest BCUT2D eigenvalue weighted by Gasteiger charge is 2.09. The van der Waals surface area contributed by atoms with Crippen LogP contribution in [0.4, 0.5) is 0 Å². The first-order chi connectivity index (χ1) is 12.0. The quantitative estimate of drug-likeness (QED) is 0.711. The molecule has 0 saturated carbocycles. The minimum Gasteiger partial charge on any atom is -0.493 e. The molecular formula is C19H20N2O3S. The van der Waals surface area contributed by atoms with E-state index in [2.05, 4.69) is 6.07 Å². The number of methoxy groups -OCH3 is 1. The monoisotopic (exact) mass is 356 g/mol. The number of thiophene rings is 1. The van der Waals surface area contributed by atoms with Gasteiger partial charge in [-0.15, -0.1) is 11.3 Å².